The van der Waals surface area contributed by atoms with Gasteiger partial charge in [-0.15, -0.1) is 0 Å². The normalized spacial score (nSPS) is 21.3. The predicted molar refractivity (Wildman–Crippen MR) is 73.0 cm³/mol. The molecule has 0 radical (unpaired) electrons. The summed E-state index contributed by atoms with van der Waals surface area (Å²) >= 11 is 0. The molecule has 0 spiro atoms. The average molecular weight is 267 g/mol. The van der Waals surface area contributed by atoms with Crippen molar-refractivity contribution in [3.05, 3.63) is 29.8 Å². The van der Waals surface area contributed by atoms with Gasteiger partial charge in [0.25, 0.3) is 0 Å². The van der Waals surface area contributed by atoms with Crippen molar-refractivity contribution in [3.8, 4) is 0 Å². The third-order valence-corrected chi connectivity index (χ3v) is 5.68. The molecule has 4 heteroatoms. The Morgan fingerprint density at radius 1 is 1.33 bits per heavy atom. The van der Waals surface area contributed by atoms with E-state index < -0.39 is 10.0 Å². The van der Waals surface area contributed by atoms with Crippen molar-refractivity contribution in [1.29, 1.82) is 0 Å². The summed E-state index contributed by atoms with van der Waals surface area (Å²) in [7, 11) is -3.31. The summed E-state index contributed by atoms with van der Waals surface area (Å²) in [6.07, 6.45) is 3.71. The lowest BCUT2D eigenvalue weighted by molar-refractivity contribution is 0.408. The molecule has 1 aliphatic heterocycles. The lowest BCUT2D eigenvalue weighted by atomic mass is 10.1. The number of nitrogens with zero attached hydrogens (tertiary/aromatic N) is 1. The zero-order valence-corrected chi connectivity index (χ0v) is 11.9. The Kier molecular flexibility index (Phi) is 4.07. The molecule has 0 amide bonds. The zero-order chi connectivity index (χ0) is 13.2. The molecular weight excluding hydrogens is 246 g/mol. The molecule has 3 nitrogen and oxygen atoms in total. The van der Waals surface area contributed by atoms with Crippen LogP contribution in [0.3, 0.4) is 0 Å². The van der Waals surface area contributed by atoms with Crippen molar-refractivity contribution in [1.82, 2.24) is 4.31 Å². The molecule has 0 saturated carbocycles. The van der Waals surface area contributed by atoms with Gasteiger partial charge < -0.3 is 0 Å². The van der Waals surface area contributed by atoms with Crippen LogP contribution in [0, 0.1) is 0 Å². The highest BCUT2D eigenvalue weighted by atomic mass is 32.2. The topological polar surface area (TPSA) is 37.4 Å². The van der Waals surface area contributed by atoms with E-state index in [1.165, 1.54) is 0 Å². The van der Waals surface area contributed by atoms with E-state index in [2.05, 4.69) is 6.92 Å². The minimum absolute atomic E-state index is 0.129. The molecule has 1 unspecified atom stereocenters. The summed E-state index contributed by atoms with van der Waals surface area (Å²) in [6, 6.07) is 7.52. The van der Waals surface area contributed by atoms with E-state index in [1.54, 1.807) is 10.4 Å². The molecule has 1 aromatic carbocycles. The third kappa shape index (κ3) is 2.45. The van der Waals surface area contributed by atoms with Gasteiger partial charge in [0, 0.05) is 12.6 Å². The van der Waals surface area contributed by atoms with E-state index in [0.717, 1.165) is 31.2 Å². The number of sulfonamides is 1. The summed E-state index contributed by atoms with van der Waals surface area (Å²) in [5, 5.41) is 0. The molecule has 1 aliphatic rings. The Hall–Kier alpha value is -0.870. The first kappa shape index (κ1) is 13.6. The van der Waals surface area contributed by atoms with Crippen molar-refractivity contribution < 1.29 is 8.42 Å². The van der Waals surface area contributed by atoms with Crippen molar-refractivity contribution in [2.24, 2.45) is 0 Å². The minimum Gasteiger partial charge on any atom is -0.207 e. The molecule has 1 atom stereocenters. The highest BCUT2D eigenvalue weighted by molar-refractivity contribution is 7.89. The monoisotopic (exact) mass is 267 g/mol. The number of hydrogen-bond donors (Lipinski definition) is 0. The van der Waals surface area contributed by atoms with E-state index in [0.29, 0.717) is 11.4 Å². The Morgan fingerprint density at radius 3 is 2.67 bits per heavy atom. The van der Waals surface area contributed by atoms with Crippen LogP contribution in [-0.2, 0) is 16.4 Å². The van der Waals surface area contributed by atoms with Crippen LogP contribution >= 0.6 is 0 Å². The third-order valence-electron chi connectivity index (χ3n) is 3.57. The van der Waals surface area contributed by atoms with Gasteiger partial charge in [-0.2, -0.15) is 4.31 Å². The maximum absolute atomic E-state index is 12.7. The molecule has 0 N–H and O–H groups in total. The first-order valence-electron chi connectivity index (χ1n) is 6.67. The largest absolute Gasteiger partial charge is 0.243 e. The van der Waals surface area contributed by atoms with Gasteiger partial charge in [0.15, 0.2) is 0 Å². The van der Waals surface area contributed by atoms with E-state index in [9.17, 15) is 8.42 Å². The molecule has 0 bridgehead atoms. The first-order chi connectivity index (χ1) is 8.57. The first-order valence-corrected chi connectivity index (χ1v) is 8.11. The second kappa shape index (κ2) is 5.41. The van der Waals surface area contributed by atoms with Crippen LogP contribution in [-0.4, -0.2) is 25.3 Å². The van der Waals surface area contributed by atoms with E-state index >= 15 is 0 Å². The fourth-order valence-corrected chi connectivity index (χ4v) is 4.57. The molecule has 2 rings (SSSR count). The van der Waals surface area contributed by atoms with E-state index in [-0.39, 0.29) is 6.04 Å². The molecule has 1 saturated heterocycles. The van der Waals surface area contributed by atoms with Crippen molar-refractivity contribution in [2.45, 2.75) is 50.5 Å². The lowest BCUT2D eigenvalue weighted by Crippen LogP contribution is -2.34. The molecule has 1 aromatic rings. The summed E-state index contributed by atoms with van der Waals surface area (Å²) in [4.78, 5) is 0.501. The smallest absolute Gasteiger partial charge is 0.207 e. The molecule has 0 aromatic heterocycles. The van der Waals surface area contributed by atoms with Crippen LogP contribution in [0.2, 0.25) is 0 Å². The van der Waals surface area contributed by atoms with Gasteiger partial charge in [-0.3, -0.25) is 0 Å². The maximum atomic E-state index is 12.7. The number of aryl methyl sites for hydroxylation is 1. The minimum atomic E-state index is -3.31. The summed E-state index contributed by atoms with van der Waals surface area (Å²) in [5.41, 5.74) is 0.944. The highest BCUT2D eigenvalue weighted by Gasteiger charge is 2.33. The van der Waals surface area contributed by atoms with E-state index in [1.807, 2.05) is 25.1 Å². The van der Waals surface area contributed by atoms with Crippen LogP contribution in [0.4, 0.5) is 0 Å². The van der Waals surface area contributed by atoms with Crippen molar-refractivity contribution >= 4 is 10.0 Å². The molecule has 18 heavy (non-hydrogen) atoms. The molecule has 1 heterocycles. The van der Waals surface area contributed by atoms with Crippen molar-refractivity contribution in [3.63, 3.8) is 0 Å². The number of benzene rings is 1. The SMILES string of the molecule is CCCc1ccccc1S(=O)(=O)N1CCCC1C. The molecular formula is C14H21NO2S. The average Bonchev–Trinajstić information content (AvgIpc) is 2.77. The fraction of sp³-hybridized carbons (Fsp3) is 0.571. The van der Waals surface area contributed by atoms with Gasteiger partial charge in [0.05, 0.1) is 4.90 Å². The summed E-state index contributed by atoms with van der Waals surface area (Å²) in [6.45, 7) is 4.72. The summed E-state index contributed by atoms with van der Waals surface area (Å²) < 4.78 is 27.0. The number of hydrogen-bond acceptors (Lipinski definition) is 2. The van der Waals surface area contributed by atoms with Gasteiger partial charge in [0.1, 0.15) is 0 Å². The second-order valence-corrected chi connectivity index (χ2v) is 6.82. The van der Waals surface area contributed by atoms with Gasteiger partial charge in [0.2, 0.25) is 10.0 Å². The summed E-state index contributed by atoms with van der Waals surface area (Å²) in [5.74, 6) is 0. The zero-order valence-electron chi connectivity index (χ0n) is 11.1. The molecule has 100 valence electrons. The highest BCUT2D eigenvalue weighted by Crippen LogP contribution is 2.28. The van der Waals surface area contributed by atoms with Crippen LogP contribution in [0.5, 0.6) is 0 Å². The quantitative estimate of drug-likeness (QED) is 0.841. The molecule has 0 aliphatic carbocycles. The van der Waals surface area contributed by atoms with Crippen molar-refractivity contribution in [2.75, 3.05) is 6.54 Å². The Bertz CT molecular complexity index is 510. The van der Waals surface area contributed by atoms with Gasteiger partial charge in [-0.1, -0.05) is 31.5 Å². The van der Waals surface area contributed by atoms with Crippen LogP contribution < -0.4 is 0 Å². The maximum Gasteiger partial charge on any atom is 0.243 e. The Labute approximate surface area is 110 Å². The van der Waals surface area contributed by atoms with Gasteiger partial charge in [-0.05, 0) is 37.8 Å². The molecule has 1 fully saturated rings. The van der Waals surface area contributed by atoms with Gasteiger partial charge in [-0.25, -0.2) is 8.42 Å². The Balaban J connectivity index is 2.41. The van der Waals surface area contributed by atoms with Gasteiger partial charge >= 0.3 is 0 Å². The van der Waals surface area contributed by atoms with Crippen LogP contribution in [0.15, 0.2) is 29.2 Å². The van der Waals surface area contributed by atoms with Crippen LogP contribution in [0.25, 0.3) is 0 Å². The van der Waals surface area contributed by atoms with Crippen LogP contribution in [0.1, 0.15) is 38.7 Å². The predicted octanol–water partition coefficient (Wildman–Crippen LogP) is 2.81. The fourth-order valence-electron chi connectivity index (χ4n) is 2.62. The number of rotatable bonds is 4. The second-order valence-electron chi connectivity index (χ2n) is 4.96. The van der Waals surface area contributed by atoms with E-state index in [4.69, 9.17) is 0 Å². The Morgan fingerprint density at radius 2 is 2.06 bits per heavy atom. The lowest BCUT2D eigenvalue weighted by Gasteiger charge is -2.22. The standard InChI is InChI=1S/C14H21NO2S/c1-3-7-13-9-4-5-10-14(13)18(16,17)15-11-6-8-12(15)2/h4-5,9-10,12H,3,6-8,11H2,1-2H3.